The Hall–Kier alpha value is -1.57. The van der Waals surface area contributed by atoms with E-state index in [1.54, 1.807) is 12.4 Å². The number of anilines is 1. The van der Waals surface area contributed by atoms with Gasteiger partial charge in [0.25, 0.3) is 0 Å². The zero-order valence-corrected chi connectivity index (χ0v) is 8.20. The molecule has 2 nitrogen and oxygen atoms in total. The fourth-order valence-electron chi connectivity index (χ4n) is 0.721. The zero-order valence-electron chi connectivity index (χ0n) is 8.20. The number of rotatable bonds is 3. The quantitative estimate of drug-likeness (QED) is 0.702. The third-order valence-electron chi connectivity index (χ3n) is 1.20. The Morgan fingerprint density at radius 1 is 1.23 bits per heavy atom. The van der Waals surface area contributed by atoms with E-state index in [1.807, 2.05) is 44.2 Å². The van der Waals surface area contributed by atoms with Crippen LogP contribution in [0.2, 0.25) is 0 Å². The summed E-state index contributed by atoms with van der Waals surface area (Å²) in [6.07, 6.45) is 3.34. The van der Waals surface area contributed by atoms with Gasteiger partial charge in [-0.25, -0.2) is 0 Å². The maximum atomic E-state index is 3.56. The van der Waals surface area contributed by atoms with Crippen molar-refractivity contribution in [1.82, 2.24) is 0 Å². The van der Waals surface area contributed by atoms with Gasteiger partial charge in [0, 0.05) is 18.1 Å². The van der Waals surface area contributed by atoms with Crippen molar-refractivity contribution in [3.63, 3.8) is 0 Å². The first-order valence-electron chi connectivity index (χ1n) is 4.36. The van der Waals surface area contributed by atoms with Gasteiger partial charge < -0.3 is 5.32 Å². The van der Waals surface area contributed by atoms with Gasteiger partial charge in [0.1, 0.15) is 0 Å². The first-order valence-corrected chi connectivity index (χ1v) is 4.36. The Morgan fingerprint density at radius 2 is 1.85 bits per heavy atom. The van der Waals surface area contributed by atoms with Gasteiger partial charge in [-0.05, 0) is 18.9 Å². The van der Waals surface area contributed by atoms with Crippen molar-refractivity contribution < 1.29 is 0 Å². The molecule has 0 fully saturated rings. The van der Waals surface area contributed by atoms with E-state index in [0.29, 0.717) is 0 Å². The Morgan fingerprint density at radius 3 is 2.38 bits per heavy atom. The zero-order chi connectivity index (χ0) is 9.94. The van der Waals surface area contributed by atoms with Crippen LogP contribution in [0.15, 0.2) is 47.7 Å². The van der Waals surface area contributed by atoms with Crippen LogP contribution < -0.4 is 5.32 Å². The SMILES string of the molecule is C=N/C=C\Nc1ccccc1.CC. The number of benzene rings is 1. The van der Waals surface area contributed by atoms with Gasteiger partial charge in [-0.2, -0.15) is 0 Å². The summed E-state index contributed by atoms with van der Waals surface area (Å²) in [5, 5.41) is 3.03. The highest BCUT2D eigenvalue weighted by Gasteiger charge is 1.81. The maximum Gasteiger partial charge on any atom is 0.0420 e. The van der Waals surface area contributed by atoms with Crippen LogP contribution in [-0.4, -0.2) is 6.72 Å². The van der Waals surface area contributed by atoms with Crippen LogP contribution in [0.3, 0.4) is 0 Å². The van der Waals surface area contributed by atoms with Crippen molar-refractivity contribution in [3.8, 4) is 0 Å². The molecule has 0 saturated heterocycles. The number of nitrogens with one attached hydrogen (secondary N) is 1. The molecule has 0 unspecified atom stereocenters. The second-order valence-electron chi connectivity index (χ2n) is 2.01. The molecule has 0 aliphatic heterocycles. The summed E-state index contributed by atoms with van der Waals surface area (Å²) in [5.74, 6) is 0. The fraction of sp³-hybridized carbons (Fsp3) is 0.182. The van der Waals surface area contributed by atoms with E-state index < -0.39 is 0 Å². The molecule has 0 bridgehead atoms. The van der Waals surface area contributed by atoms with E-state index in [9.17, 15) is 0 Å². The van der Waals surface area contributed by atoms with Crippen LogP contribution in [-0.2, 0) is 0 Å². The lowest BCUT2D eigenvalue weighted by Gasteiger charge is -1.96. The summed E-state index contributed by atoms with van der Waals surface area (Å²) < 4.78 is 0. The molecule has 0 aliphatic rings. The van der Waals surface area contributed by atoms with Gasteiger partial charge in [-0.15, -0.1) is 0 Å². The molecule has 0 spiro atoms. The Balaban J connectivity index is 0.000000671. The van der Waals surface area contributed by atoms with Gasteiger partial charge in [0.05, 0.1) is 0 Å². The lowest BCUT2D eigenvalue weighted by Crippen LogP contribution is -1.84. The summed E-state index contributed by atoms with van der Waals surface area (Å²) in [4.78, 5) is 3.56. The molecular formula is C11H16N2. The summed E-state index contributed by atoms with van der Waals surface area (Å²) >= 11 is 0. The van der Waals surface area contributed by atoms with E-state index in [0.717, 1.165) is 5.69 Å². The number of nitrogens with zero attached hydrogens (tertiary/aromatic N) is 1. The lowest BCUT2D eigenvalue weighted by atomic mass is 10.3. The van der Waals surface area contributed by atoms with Gasteiger partial charge in [-0.3, -0.25) is 4.99 Å². The second kappa shape index (κ2) is 8.53. The lowest BCUT2D eigenvalue weighted by molar-refractivity contribution is 1.50. The molecule has 2 heteroatoms. The van der Waals surface area contributed by atoms with Crippen LogP contribution in [0, 0.1) is 0 Å². The van der Waals surface area contributed by atoms with E-state index in [2.05, 4.69) is 17.0 Å². The van der Waals surface area contributed by atoms with Crippen LogP contribution >= 0.6 is 0 Å². The van der Waals surface area contributed by atoms with Crippen LogP contribution in [0.5, 0.6) is 0 Å². The van der Waals surface area contributed by atoms with Crippen LogP contribution in [0.25, 0.3) is 0 Å². The minimum absolute atomic E-state index is 1.05. The molecule has 1 N–H and O–H groups in total. The normalized spacial score (nSPS) is 8.77. The van der Waals surface area contributed by atoms with Crippen molar-refractivity contribution in [2.24, 2.45) is 4.99 Å². The highest BCUT2D eigenvalue weighted by Crippen LogP contribution is 2.03. The molecule has 70 valence electrons. The van der Waals surface area contributed by atoms with E-state index >= 15 is 0 Å². The number of hydrogen-bond acceptors (Lipinski definition) is 2. The number of hydrogen-bond donors (Lipinski definition) is 1. The molecular weight excluding hydrogens is 160 g/mol. The number of para-hydroxylation sites is 1. The second-order valence-corrected chi connectivity index (χ2v) is 2.01. The average Bonchev–Trinajstić information content (AvgIpc) is 2.23. The van der Waals surface area contributed by atoms with Crippen molar-refractivity contribution in [3.05, 3.63) is 42.7 Å². The predicted molar refractivity (Wildman–Crippen MR) is 60.1 cm³/mol. The van der Waals surface area contributed by atoms with Gasteiger partial charge in [-0.1, -0.05) is 32.0 Å². The highest BCUT2D eigenvalue weighted by molar-refractivity contribution is 5.44. The monoisotopic (exact) mass is 176 g/mol. The summed E-state index contributed by atoms with van der Waals surface area (Å²) in [5.41, 5.74) is 1.05. The minimum atomic E-state index is 1.05. The molecule has 1 rings (SSSR count). The van der Waals surface area contributed by atoms with E-state index in [1.165, 1.54) is 0 Å². The number of aliphatic imine (C=N–C) groups is 1. The largest absolute Gasteiger partial charge is 0.360 e. The average molecular weight is 176 g/mol. The predicted octanol–water partition coefficient (Wildman–Crippen LogP) is 3.30. The standard InChI is InChI=1S/C9H10N2.C2H6/c1-10-7-8-11-9-5-3-2-4-6-9;1-2/h2-8,11H,1H2;1-2H3/b8-7-;. The third kappa shape index (κ3) is 5.67. The molecule has 1 aromatic rings. The molecule has 0 aromatic heterocycles. The molecule has 0 aliphatic carbocycles. The van der Waals surface area contributed by atoms with Crippen LogP contribution in [0.1, 0.15) is 13.8 Å². The van der Waals surface area contributed by atoms with Crippen molar-refractivity contribution in [2.45, 2.75) is 13.8 Å². The first kappa shape index (κ1) is 11.4. The summed E-state index contributed by atoms with van der Waals surface area (Å²) in [6, 6.07) is 9.87. The Kier molecular flexibility index (Phi) is 7.50. The van der Waals surface area contributed by atoms with E-state index in [4.69, 9.17) is 0 Å². The molecule has 0 atom stereocenters. The topological polar surface area (TPSA) is 24.4 Å². The molecule has 0 saturated carbocycles. The molecule has 13 heavy (non-hydrogen) atoms. The Labute approximate surface area is 80.0 Å². The van der Waals surface area contributed by atoms with Crippen molar-refractivity contribution in [2.75, 3.05) is 5.32 Å². The maximum absolute atomic E-state index is 3.56. The van der Waals surface area contributed by atoms with Crippen molar-refractivity contribution >= 4 is 12.4 Å². The van der Waals surface area contributed by atoms with Gasteiger partial charge in [0.2, 0.25) is 0 Å². The molecule has 0 heterocycles. The van der Waals surface area contributed by atoms with Crippen LogP contribution in [0.4, 0.5) is 5.69 Å². The minimum Gasteiger partial charge on any atom is -0.360 e. The smallest absolute Gasteiger partial charge is 0.0420 e. The van der Waals surface area contributed by atoms with Gasteiger partial charge in [0.15, 0.2) is 0 Å². The molecule has 1 aromatic carbocycles. The third-order valence-corrected chi connectivity index (χ3v) is 1.20. The highest BCUT2D eigenvalue weighted by atomic mass is 14.8. The fourth-order valence-corrected chi connectivity index (χ4v) is 0.721. The van der Waals surface area contributed by atoms with Gasteiger partial charge >= 0.3 is 0 Å². The molecule has 0 amide bonds. The summed E-state index contributed by atoms with van der Waals surface area (Å²) in [6.45, 7) is 7.32. The van der Waals surface area contributed by atoms with Crippen molar-refractivity contribution in [1.29, 1.82) is 0 Å². The van der Waals surface area contributed by atoms with E-state index in [-0.39, 0.29) is 0 Å². The summed E-state index contributed by atoms with van der Waals surface area (Å²) in [7, 11) is 0. The molecule has 0 radical (unpaired) electrons. The Bertz CT molecular complexity index is 240. The first-order chi connectivity index (χ1) is 6.43.